The van der Waals surface area contributed by atoms with Gasteiger partial charge in [0.25, 0.3) is 0 Å². The van der Waals surface area contributed by atoms with Crippen LogP contribution in [-0.4, -0.2) is 18.5 Å². The van der Waals surface area contributed by atoms with E-state index in [9.17, 15) is 4.79 Å². The maximum Gasteiger partial charge on any atom is 0.141 e. The summed E-state index contributed by atoms with van der Waals surface area (Å²) in [6.45, 7) is 0.336. The zero-order valence-corrected chi connectivity index (χ0v) is 5.92. The Labute approximate surface area is 60.7 Å². The summed E-state index contributed by atoms with van der Waals surface area (Å²) in [6.07, 6.45) is 8.15. The van der Waals surface area contributed by atoms with Gasteiger partial charge >= 0.3 is 0 Å². The molecule has 1 rings (SSSR count). The van der Waals surface area contributed by atoms with Gasteiger partial charge in [0.15, 0.2) is 0 Å². The molecule has 0 aliphatic heterocycles. The maximum absolute atomic E-state index is 9.92. The van der Waals surface area contributed by atoms with E-state index in [1.54, 1.807) is 0 Å². The van der Waals surface area contributed by atoms with Crippen LogP contribution < -0.4 is 0 Å². The summed E-state index contributed by atoms with van der Waals surface area (Å²) in [5.74, 6) is 0. The van der Waals surface area contributed by atoms with E-state index in [1.807, 2.05) is 0 Å². The van der Waals surface area contributed by atoms with Crippen LogP contribution in [-0.2, 0) is 4.79 Å². The van der Waals surface area contributed by atoms with Gasteiger partial charge in [-0.3, -0.25) is 4.99 Å². The van der Waals surface area contributed by atoms with Crippen LogP contribution in [0.3, 0.4) is 0 Å². The van der Waals surface area contributed by atoms with Crippen molar-refractivity contribution in [3.05, 3.63) is 12.2 Å². The monoisotopic (exact) mass is 137 g/mol. The second-order valence-electron chi connectivity index (χ2n) is 2.29. The Bertz CT molecular complexity index is 170. The van der Waals surface area contributed by atoms with Crippen LogP contribution in [0.25, 0.3) is 0 Å². The van der Waals surface area contributed by atoms with E-state index in [0.717, 1.165) is 31.3 Å². The third-order valence-corrected chi connectivity index (χ3v) is 1.51. The van der Waals surface area contributed by atoms with Gasteiger partial charge in [-0.1, -0.05) is 12.2 Å². The first-order valence-electron chi connectivity index (χ1n) is 3.54. The quantitative estimate of drug-likeness (QED) is 0.417. The second kappa shape index (κ2) is 3.99. The van der Waals surface area contributed by atoms with Crippen molar-refractivity contribution in [3.63, 3.8) is 0 Å². The largest absolute Gasteiger partial charge is 0.301 e. The highest BCUT2D eigenvalue weighted by atomic mass is 16.1. The van der Waals surface area contributed by atoms with E-state index in [-0.39, 0.29) is 0 Å². The van der Waals surface area contributed by atoms with Crippen molar-refractivity contribution in [3.8, 4) is 0 Å². The average molecular weight is 137 g/mol. The molecule has 0 radical (unpaired) electrons. The number of aliphatic imine (C=N–C) groups is 1. The Morgan fingerprint density at radius 3 is 3.10 bits per heavy atom. The number of carbonyl (C=O) groups excluding carboxylic acids is 1. The normalized spacial score (nSPS) is 21.4. The van der Waals surface area contributed by atoms with Crippen molar-refractivity contribution in [1.82, 2.24) is 0 Å². The van der Waals surface area contributed by atoms with Crippen LogP contribution in [0.4, 0.5) is 0 Å². The van der Waals surface area contributed by atoms with Crippen molar-refractivity contribution >= 4 is 12.0 Å². The van der Waals surface area contributed by atoms with Gasteiger partial charge in [-0.2, -0.15) is 0 Å². The minimum atomic E-state index is 0.336. The number of hydrogen-bond acceptors (Lipinski definition) is 2. The molecule has 1 aliphatic rings. The van der Waals surface area contributed by atoms with Crippen LogP contribution >= 0.6 is 0 Å². The highest BCUT2D eigenvalue weighted by Gasteiger charge is 1.99. The molecule has 0 aromatic rings. The SMILES string of the molecule is O=CCN=C1CC=CCC1. The fourth-order valence-electron chi connectivity index (χ4n) is 0.999. The summed E-state index contributed by atoms with van der Waals surface area (Å²) in [7, 11) is 0. The van der Waals surface area contributed by atoms with Crippen LogP contribution in [0.1, 0.15) is 19.3 Å². The molecule has 2 nitrogen and oxygen atoms in total. The van der Waals surface area contributed by atoms with Gasteiger partial charge in [0.1, 0.15) is 6.29 Å². The van der Waals surface area contributed by atoms with Crippen LogP contribution in [0.2, 0.25) is 0 Å². The topological polar surface area (TPSA) is 29.4 Å². The summed E-state index contributed by atoms with van der Waals surface area (Å²) < 4.78 is 0. The highest BCUT2D eigenvalue weighted by molar-refractivity contribution is 5.87. The minimum absolute atomic E-state index is 0.336. The van der Waals surface area contributed by atoms with Gasteiger partial charge in [0.05, 0.1) is 6.54 Å². The van der Waals surface area contributed by atoms with Crippen molar-refractivity contribution < 1.29 is 4.79 Å². The lowest BCUT2D eigenvalue weighted by Gasteiger charge is -2.04. The lowest BCUT2D eigenvalue weighted by Crippen LogP contribution is -2.01. The molecule has 0 heterocycles. The number of aldehydes is 1. The number of hydrogen-bond donors (Lipinski definition) is 0. The highest BCUT2D eigenvalue weighted by Crippen LogP contribution is 2.06. The molecule has 0 amide bonds. The van der Waals surface area contributed by atoms with Crippen LogP contribution in [0.5, 0.6) is 0 Å². The summed E-state index contributed by atoms with van der Waals surface area (Å²) in [5.41, 5.74) is 1.16. The summed E-state index contributed by atoms with van der Waals surface area (Å²) in [4.78, 5) is 14.0. The third kappa shape index (κ3) is 2.13. The van der Waals surface area contributed by atoms with Gasteiger partial charge in [0, 0.05) is 12.1 Å². The number of allylic oxidation sites excluding steroid dienone is 2. The van der Waals surface area contributed by atoms with Crippen LogP contribution in [0, 0.1) is 0 Å². The molecule has 2 heteroatoms. The standard InChI is InChI=1S/C8H11NO/c10-7-6-9-8-4-2-1-3-5-8/h1-2,7H,3-6H2. The molecule has 0 saturated carbocycles. The van der Waals surface area contributed by atoms with Gasteiger partial charge in [-0.15, -0.1) is 0 Å². The van der Waals surface area contributed by atoms with Crippen molar-refractivity contribution in [2.24, 2.45) is 4.99 Å². The van der Waals surface area contributed by atoms with Gasteiger partial charge in [0.2, 0.25) is 0 Å². The minimum Gasteiger partial charge on any atom is -0.301 e. The summed E-state index contributed by atoms with van der Waals surface area (Å²) in [5, 5.41) is 0. The van der Waals surface area contributed by atoms with E-state index in [4.69, 9.17) is 0 Å². The lowest BCUT2D eigenvalue weighted by atomic mass is 10.1. The predicted octanol–water partition coefficient (Wildman–Crippen LogP) is 1.37. The Kier molecular flexibility index (Phi) is 2.87. The molecule has 0 bridgehead atoms. The Hall–Kier alpha value is -0.920. The second-order valence-corrected chi connectivity index (χ2v) is 2.29. The molecule has 0 aromatic heterocycles. The summed E-state index contributed by atoms with van der Waals surface area (Å²) in [6, 6.07) is 0. The first-order chi connectivity index (χ1) is 4.93. The fourth-order valence-corrected chi connectivity index (χ4v) is 0.999. The van der Waals surface area contributed by atoms with E-state index < -0.39 is 0 Å². The van der Waals surface area contributed by atoms with Gasteiger partial charge in [-0.25, -0.2) is 0 Å². The van der Waals surface area contributed by atoms with E-state index in [0.29, 0.717) is 6.54 Å². The Morgan fingerprint density at radius 1 is 1.60 bits per heavy atom. The molecule has 0 atom stereocenters. The van der Waals surface area contributed by atoms with Crippen molar-refractivity contribution in [2.75, 3.05) is 6.54 Å². The molecule has 1 aliphatic carbocycles. The lowest BCUT2D eigenvalue weighted by molar-refractivity contribution is -0.106. The summed E-state index contributed by atoms with van der Waals surface area (Å²) >= 11 is 0. The zero-order valence-electron chi connectivity index (χ0n) is 5.92. The Balaban J connectivity index is 2.39. The smallest absolute Gasteiger partial charge is 0.141 e. The molecule has 0 aromatic carbocycles. The van der Waals surface area contributed by atoms with Gasteiger partial charge in [-0.05, 0) is 12.8 Å². The molecule has 0 N–H and O–H groups in total. The molecule has 0 fully saturated rings. The molecular weight excluding hydrogens is 126 g/mol. The van der Waals surface area contributed by atoms with E-state index >= 15 is 0 Å². The Morgan fingerprint density at radius 2 is 2.50 bits per heavy atom. The van der Waals surface area contributed by atoms with Crippen LogP contribution in [0.15, 0.2) is 17.1 Å². The van der Waals surface area contributed by atoms with E-state index in [1.165, 1.54) is 0 Å². The molecule has 0 spiro atoms. The molecular formula is C8H11NO. The van der Waals surface area contributed by atoms with E-state index in [2.05, 4.69) is 17.1 Å². The first kappa shape index (κ1) is 7.19. The molecule has 10 heavy (non-hydrogen) atoms. The maximum atomic E-state index is 9.92. The molecule has 54 valence electrons. The molecule has 0 saturated heterocycles. The first-order valence-corrected chi connectivity index (χ1v) is 3.54. The number of rotatable bonds is 2. The third-order valence-electron chi connectivity index (χ3n) is 1.51. The fraction of sp³-hybridized carbons (Fsp3) is 0.500. The van der Waals surface area contributed by atoms with Crippen molar-refractivity contribution in [1.29, 1.82) is 0 Å². The van der Waals surface area contributed by atoms with Gasteiger partial charge < -0.3 is 4.79 Å². The van der Waals surface area contributed by atoms with Crippen molar-refractivity contribution in [2.45, 2.75) is 19.3 Å². The zero-order chi connectivity index (χ0) is 7.23. The average Bonchev–Trinajstić information content (AvgIpc) is 2.03. The number of carbonyl (C=O) groups is 1. The molecule has 0 unspecified atom stereocenters. The predicted molar refractivity (Wildman–Crippen MR) is 41.4 cm³/mol. The number of nitrogens with zero attached hydrogens (tertiary/aromatic N) is 1.